The molecule has 0 aliphatic heterocycles. The SMILES string of the molecule is CC1(C)CCc2c[nH]cc2C1CCN. The highest BCUT2D eigenvalue weighted by atomic mass is 14.7. The molecule has 1 aromatic rings. The first-order valence-corrected chi connectivity index (χ1v) is 5.51. The normalized spacial score (nSPS) is 24.6. The molecule has 0 fully saturated rings. The molecule has 2 nitrogen and oxygen atoms in total. The topological polar surface area (TPSA) is 41.8 Å². The highest BCUT2D eigenvalue weighted by molar-refractivity contribution is 5.32. The molecule has 0 saturated carbocycles. The summed E-state index contributed by atoms with van der Waals surface area (Å²) < 4.78 is 0. The van der Waals surface area contributed by atoms with E-state index in [1.165, 1.54) is 24.0 Å². The molecule has 0 spiro atoms. The van der Waals surface area contributed by atoms with Crippen molar-refractivity contribution in [3.63, 3.8) is 0 Å². The standard InChI is InChI=1S/C12H20N2/c1-12(2)5-3-9-7-14-8-10(9)11(12)4-6-13/h7-8,11,14H,3-6,13H2,1-2H3. The molecule has 1 unspecified atom stereocenters. The van der Waals surface area contributed by atoms with Gasteiger partial charge in [0.1, 0.15) is 0 Å². The fourth-order valence-electron chi connectivity index (χ4n) is 2.71. The summed E-state index contributed by atoms with van der Waals surface area (Å²) in [6.45, 7) is 5.52. The molecule has 0 bridgehead atoms. The largest absolute Gasteiger partial charge is 0.367 e. The summed E-state index contributed by atoms with van der Waals surface area (Å²) in [5, 5.41) is 0. The van der Waals surface area contributed by atoms with Gasteiger partial charge in [0.2, 0.25) is 0 Å². The lowest BCUT2D eigenvalue weighted by molar-refractivity contribution is 0.236. The van der Waals surface area contributed by atoms with Gasteiger partial charge < -0.3 is 10.7 Å². The molecule has 0 saturated heterocycles. The minimum atomic E-state index is 0.411. The van der Waals surface area contributed by atoms with E-state index < -0.39 is 0 Å². The summed E-state index contributed by atoms with van der Waals surface area (Å²) in [5.41, 5.74) is 9.12. The van der Waals surface area contributed by atoms with Crippen LogP contribution < -0.4 is 5.73 Å². The van der Waals surface area contributed by atoms with Crippen molar-refractivity contribution in [2.75, 3.05) is 6.54 Å². The second-order valence-corrected chi connectivity index (χ2v) is 5.05. The molecule has 2 rings (SSSR count). The Kier molecular flexibility index (Phi) is 2.40. The number of rotatable bonds is 2. The lowest BCUT2D eigenvalue weighted by Gasteiger charge is -2.38. The van der Waals surface area contributed by atoms with Crippen LogP contribution in [0.1, 0.15) is 43.7 Å². The second kappa shape index (κ2) is 3.43. The highest BCUT2D eigenvalue weighted by Gasteiger charge is 2.35. The summed E-state index contributed by atoms with van der Waals surface area (Å²) in [7, 11) is 0. The Balaban J connectivity index is 2.33. The van der Waals surface area contributed by atoms with Crippen LogP contribution >= 0.6 is 0 Å². The number of aromatic amines is 1. The van der Waals surface area contributed by atoms with Gasteiger partial charge in [0.15, 0.2) is 0 Å². The number of aromatic nitrogens is 1. The molecule has 3 N–H and O–H groups in total. The molecule has 14 heavy (non-hydrogen) atoms. The maximum atomic E-state index is 5.70. The maximum Gasteiger partial charge on any atom is 0.00432 e. The van der Waals surface area contributed by atoms with Crippen LogP contribution in [0, 0.1) is 5.41 Å². The zero-order valence-electron chi connectivity index (χ0n) is 9.14. The van der Waals surface area contributed by atoms with Crippen molar-refractivity contribution in [1.29, 1.82) is 0 Å². The molecule has 1 aliphatic carbocycles. The number of fused-ring (bicyclic) bond motifs is 1. The van der Waals surface area contributed by atoms with Gasteiger partial charge in [0.25, 0.3) is 0 Å². The smallest absolute Gasteiger partial charge is 0.00432 e. The van der Waals surface area contributed by atoms with Crippen LogP contribution in [0.15, 0.2) is 12.4 Å². The van der Waals surface area contributed by atoms with Crippen molar-refractivity contribution in [3.8, 4) is 0 Å². The van der Waals surface area contributed by atoms with E-state index in [0.717, 1.165) is 13.0 Å². The Hall–Kier alpha value is -0.760. The van der Waals surface area contributed by atoms with Crippen molar-refractivity contribution in [2.45, 2.75) is 39.0 Å². The highest BCUT2D eigenvalue weighted by Crippen LogP contribution is 2.46. The zero-order valence-corrected chi connectivity index (χ0v) is 9.14. The molecule has 1 heterocycles. The summed E-state index contributed by atoms with van der Waals surface area (Å²) in [6, 6.07) is 0. The number of nitrogens with one attached hydrogen (secondary N) is 1. The van der Waals surface area contributed by atoms with Crippen LogP contribution in [0.2, 0.25) is 0 Å². The molecular weight excluding hydrogens is 172 g/mol. The Morgan fingerprint density at radius 2 is 2.29 bits per heavy atom. The Morgan fingerprint density at radius 3 is 3.00 bits per heavy atom. The maximum absolute atomic E-state index is 5.70. The Bertz CT molecular complexity index is 312. The van der Waals surface area contributed by atoms with E-state index in [4.69, 9.17) is 5.73 Å². The van der Waals surface area contributed by atoms with Crippen LogP contribution in [0.3, 0.4) is 0 Å². The van der Waals surface area contributed by atoms with E-state index in [-0.39, 0.29) is 0 Å². The lowest BCUT2D eigenvalue weighted by atomic mass is 9.66. The fraction of sp³-hybridized carbons (Fsp3) is 0.667. The van der Waals surface area contributed by atoms with Gasteiger partial charge in [0, 0.05) is 12.4 Å². The van der Waals surface area contributed by atoms with Gasteiger partial charge in [-0.1, -0.05) is 13.8 Å². The molecule has 0 aromatic carbocycles. The molecule has 1 aromatic heterocycles. The van der Waals surface area contributed by atoms with Crippen LogP contribution in [0.25, 0.3) is 0 Å². The average Bonchev–Trinajstić information content (AvgIpc) is 2.58. The molecular formula is C12H20N2. The van der Waals surface area contributed by atoms with E-state index in [9.17, 15) is 0 Å². The van der Waals surface area contributed by atoms with Gasteiger partial charge >= 0.3 is 0 Å². The minimum Gasteiger partial charge on any atom is -0.367 e. The molecule has 78 valence electrons. The summed E-state index contributed by atoms with van der Waals surface area (Å²) in [6.07, 6.45) is 7.91. The number of aryl methyl sites for hydroxylation is 1. The van der Waals surface area contributed by atoms with Crippen LogP contribution in [0.4, 0.5) is 0 Å². The fourth-order valence-corrected chi connectivity index (χ4v) is 2.71. The quantitative estimate of drug-likeness (QED) is 0.742. The predicted octanol–water partition coefficient (Wildman–Crippen LogP) is 2.42. The number of hydrogen-bond donors (Lipinski definition) is 2. The minimum absolute atomic E-state index is 0.411. The third kappa shape index (κ3) is 1.48. The predicted molar refractivity (Wildman–Crippen MR) is 59.3 cm³/mol. The first-order valence-electron chi connectivity index (χ1n) is 5.51. The third-order valence-electron chi connectivity index (χ3n) is 3.68. The number of nitrogens with two attached hydrogens (primary N) is 1. The van der Waals surface area contributed by atoms with E-state index in [1.807, 2.05) is 0 Å². The van der Waals surface area contributed by atoms with Gasteiger partial charge in [-0.05, 0) is 48.3 Å². The monoisotopic (exact) mass is 192 g/mol. The van der Waals surface area contributed by atoms with Crippen molar-refractivity contribution in [1.82, 2.24) is 4.98 Å². The van der Waals surface area contributed by atoms with Crippen molar-refractivity contribution >= 4 is 0 Å². The third-order valence-corrected chi connectivity index (χ3v) is 3.68. The van der Waals surface area contributed by atoms with E-state index in [2.05, 4.69) is 31.2 Å². The van der Waals surface area contributed by atoms with E-state index in [1.54, 1.807) is 0 Å². The van der Waals surface area contributed by atoms with Gasteiger partial charge in [-0.3, -0.25) is 0 Å². The van der Waals surface area contributed by atoms with Gasteiger partial charge in [-0.25, -0.2) is 0 Å². The molecule has 0 radical (unpaired) electrons. The summed E-state index contributed by atoms with van der Waals surface area (Å²) in [5.74, 6) is 0.641. The lowest BCUT2D eigenvalue weighted by Crippen LogP contribution is -2.29. The van der Waals surface area contributed by atoms with Crippen LogP contribution in [-0.4, -0.2) is 11.5 Å². The van der Waals surface area contributed by atoms with Crippen molar-refractivity contribution in [2.24, 2.45) is 11.1 Å². The molecule has 1 atom stereocenters. The molecule has 2 heteroatoms. The first-order chi connectivity index (χ1) is 6.65. The Labute approximate surface area is 85.9 Å². The van der Waals surface area contributed by atoms with Gasteiger partial charge in [0.05, 0.1) is 0 Å². The van der Waals surface area contributed by atoms with Crippen molar-refractivity contribution in [3.05, 3.63) is 23.5 Å². The summed E-state index contributed by atoms with van der Waals surface area (Å²) >= 11 is 0. The zero-order chi connectivity index (χ0) is 10.2. The first kappa shape index (κ1) is 9.78. The van der Waals surface area contributed by atoms with Crippen LogP contribution in [-0.2, 0) is 6.42 Å². The van der Waals surface area contributed by atoms with Gasteiger partial charge in [-0.15, -0.1) is 0 Å². The van der Waals surface area contributed by atoms with E-state index in [0.29, 0.717) is 11.3 Å². The second-order valence-electron chi connectivity index (χ2n) is 5.05. The van der Waals surface area contributed by atoms with Gasteiger partial charge in [-0.2, -0.15) is 0 Å². The Morgan fingerprint density at radius 1 is 1.50 bits per heavy atom. The van der Waals surface area contributed by atoms with Crippen molar-refractivity contribution < 1.29 is 0 Å². The van der Waals surface area contributed by atoms with E-state index >= 15 is 0 Å². The van der Waals surface area contributed by atoms with Crippen LogP contribution in [0.5, 0.6) is 0 Å². The summed E-state index contributed by atoms with van der Waals surface area (Å²) in [4.78, 5) is 3.23. The number of H-pyrrole nitrogens is 1. The average molecular weight is 192 g/mol. The number of hydrogen-bond acceptors (Lipinski definition) is 1. The molecule has 0 amide bonds. The molecule has 1 aliphatic rings.